The second-order valence-corrected chi connectivity index (χ2v) is 8.21. The van der Waals surface area contributed by atoms with Crippen LogP contribution in [0.15, 0.2) is 0 Å². The van der Waals surface area contributed by atoms with E-state index < -0.39 is 10.8 Å². The Morgan fingerprint density at radius 3 is 0.952 bits per heavy atom. The van der Waals surface area contributed by atoms with Crippen LogP contribution in [0.5, 0.6) is 0 Å². The number of ketones is 2. The first kappa shape index (κ1) is 20.3. The molecule has 0 N–H and O–H groups in total. The Morgan fingerprint density at radius 1 is 0.619 bits per heavy atom. The van der Waals surface area contributed by atoms with Gasteiger partial charge in [-0.3, -0.25) is 9.59 Å². The van der Waals surface area contributed by atoms with Crippen LogP contribution >= 0.6 is 0 Å². The van der Waals surface area contributed by atoms with Crippen molar-refractivity contribution in [2.75, 3.05) is 0 Å². The van der Waals surface area contributed by atoms with Crippen molar-refractivity contribution in [3.63, 3.8) is 0 Å². The zero-order valence-electron chi connectivity index (χ0n) is 15.8. The number of hydrogen-bond acceptors (Lipinski definition) is 2. The third-order valence-electron chi connectivity index (χ3n) is 6.32. The monoisotopic (exact) mass is 296 g/mol. The lowest BCUT2D eigenvalue weighted by atomic mass is 9.62. The van der Waals surface area contributed by atoms with Crippen molar-refractivity contribution in [2.45, 2.75) is 75.7 Å². The lowest BCUT2D eigenvalue weighted by Crippen LogP contribution is -2.44. The fraction of sp³-hybridized carbons (Fsp3) is 0.895. The van der Waals surface area contributed by atoms with Gasteiger partial charge in [-0.05, 0) is 23.7 Å². The van der Waals surface area contributed by atoms with Gasteiger partial charge in [-0.15, -0.1) is 0 Å². The minimum Gasteiger partial charge on any atom is -0.299 e. The maximum absolute atomic E-state index is 12.8. The highest BCUT2D eigenvalue weighted by Crippen LogP contribution is 2.41. The Balaban J connectivity index is 5.38. The van der Waals surface area contributed by atoms with Gasteiger partial charge in [0, 0.05) is 10.8 Å². The molecule has 0 aliphatic carbocycles. The molecule has 0 aliphatic heterocycles. The predicted molar refractivity (Wildman–Crippen MR) is 90.2 cm³/mol. The van der Waals surface area contributed by atoms with Crippen molar-refractivity contribution < 1.29 is 9.59 Å². The third-order valence-corrected chi connectivity index (χ3v) is 6.32. The predicted octanol–water partition coefficient (Wildman–Crippen LogP) is 5.15. The van der Waals surface area contributed by atoms with Crippen LogP contribution in [0.4, 0.5) is 0 Å². The molecule has 2 heteroatoms. The zero-order chi connectivity index (χ0) is 17.2. The molecule has 2 nitrogen and oxygen atoms in total. The van der Waals surface area contributed by atoms with Crippen LogP contribution in [0.2, 0.25) is 0 Å². The summed E-state index contributed by atoms with van der Waals surface area (Å²) in [6.07, 6.45) is 0.0692. The summed E-state index contributed by atoms with van der Waals surface area (Å²) in [6.45, 7) is 20.6. The van der Waals surface area contributed by atoms with E-state index in [1.165, 1.54) is 0 Å². The quantitative estimate of drug-likeness (QED) is 0.580. The molecule has 0 fully saturated rings. The molecule has 0 saturated carbocycles. The lowest BCUT2D eigenvalue weighted by Gasteiger charge is -2.39. The minimum absolute atomic E-state index is 0.0692. The molecule has 0 radical (unpaired) electrons. The van der Waals surface area contributed by atoms with Gasteiger partial charge in [0.25, 0.3) is 0 Å². The van der Waals surface area contributed by atoms with E-state index in [9.17, 15) is 9.59 Å². The van der Waals surface area contributed by atoms with Gasteiger partial charge >= 0.3 is 0 Å². The summed E-state index contributed by atoms with van der Waals surface area (Å²) in [6, 6.07) is 0. The van der Waals surface area contributed by atoms with E-state index in [4.69, 9.17) is 0 Å². The van der Waals surface area contributed by atoms with Crippen LogP contribution < -0.4 is 0 Å². The average molecular weight is 296 g/mol. The van der Waals surface area contributed by atoms with E-state index in [1.807, 2.05) is 13.8 Å². The molecule has 0 heterocycles. The molecule has 0 amide bonds. The third kappa shape index (κ3) is 3.76. The van der Waals surface area contributed by atoms with Crippen molar-refractivity contribution in [3.05, 3.63) is 0 Å². The fourth-order valence-electron chi connectivity index (χ4n) is 3.15. The van der Waals surface area contributed by atoms with Crippen LogP contribution in [0.25, 0.3) is 0 Å². The van der Waals surface area contributed by atoms with Crippen molar-refractivity contribution in [1.82, 2.24) is 0 Å². The summed E-state index contributed by atoms with van der Waals surface area (Å²) in [7, 11) is 0. The maximum atomic E-state index is 12.8. The number of carbonyl (C=O) groups excluding carboxylic acids is 2. The summed E-state index contributed by atoms with van der Waals surface area (Å²) in [5.41, 5.74) is -0.852. The van der Waals surface area contributed by atoms with E-state index in [-0.39, 0.29) is 41.7 Å². The molecule has 0 aromatic rings. The van der Waals surface area contributed by atoms with Gasteiger partial charge in [-0.1, -0.05) is 69.2 Å². The molecule has 21 heavy (non-hydrogen) atoms. The minimum atomic E-state index is -0.426. The molecule has 0 aromatic heterocycles. The van der Waals surface area contributed by atoms with E-state index in [1.54, 1.807) is 0 Å². The van der Waals surface area contributed by atoms with Gasteiger partial charge in [0.2, 0.25) is 0 Å². The van der Waals surface area contributed by atoms with Crippen molar-refractivity contribution >= 4 is 11.6 Å². The Labute approximate surface area is 132 Å². The standard InChI is InChI=1S/C19H36O2/c1-12(2)18(9,13(3)4)16(20)11-17(21)19(10,14(5)6)15(7)8/h12-15H,11H2,1-10H3. The smallest absolute Gasteiger partial charge is 0.146 e. The van der Waals surface area contributed by atoms with Crippen LogP contribution in [-0.2, 0) is 9.59 Å². The van der Waals surface area contributed by atoms with Gasteiger partial charge in [0.1, 0.15) is 11.6 Å². The number of Topliss-reactive ketones (excluding diaryl/α,β-unsaturated/α-hetero) is 2. The van der Waals surface area contributed by atoms with Gasteiger partial charge in [0.05, 0.1) is 6.42 Å². The second-order valence-electron chi connectivity index (χ2n) is 8.21. The maximum Gasteiger partial charge on any atom is 0.146 e. The lowest BCUT2D eigenvalue weighted by molar-refractivity contribution is -0.142. The highest BCUT2D eigenvalue weighted by molar-refractivity contribution is 6.04. The number of carbonyl (C=O) groups is 2. The van der Waals surface area contributed by atoms with Crippen molar-refractivity contribution in [2.24, 2.45) is 34.5 Å². The molecule has 0 aromatic carbocycles. The summed E-state index contributed by atoms with van der Waals surface area (Å²) in [5, 5.41) is 0. The van der Waals surface area contributed by atoms with Crippen molar-refractivity contribution in [1.29, 1.82) is 0 Å². The van der Waals surface area contributed by atoms with Gasteiger partial charge in [0.15, 0.2) is 0 Å². The first-order valence-corrected chi connectivity index (χ1v) is 8.39. The Hall–Kier alpha value is -0.660. The summed E-state index contributed by atoms with van der Waals surface area (Å²) in [5.74, 6) is 1.16. The highest BCUT2D eigenvalue weighted by atomic mass is 16.2. The van der Waals surface area contributed by atoms with Crippen molar-refractivity contribution in [3.8, 4) is 0 Å². The average Bonchev–Trinajstić information content (AvgIpc) is 2.34. The highest BCUT2D eigenvalue weighted by Gasteiger charge is 2.44. The van der Waals surface area contributed by atoms with E-state index in [2.05, 4.69) is 55.4 Å². The Bertz CT molecular complexity index is 323. The summed E-state index contributed by atoms with van der Waals surface area (Å²) >= 11 is 0. The first-order valence-electron chi connectivity index (χ1n) is 8.39. The molecule has 0 spiro atoms. The van der Waals surface area contributed by atoms with Gasteiger partial charge in [-0.2, -0.15) is 0 Å². The number of rotatable bonds is 8. The largest absolute Gasteiger partial charge is 0.299 e. The molecular weight excluding hydrogens is 260 g/mol. The van der Waals surface area contributed by atoms with Crippen LogP contribution in [0, 0.1) is 34.5 Å². The molecule has 0 saturated heterocycles. The zero-order valence-corrected chi connectivity index (χ0v) is 15.8. The second kappa shape index (κ2) is 7.07. The van der Waals surface area contributed by atoms with Gasteiger partial charge < -0.3 is 0 Å². The SMILES string of the molecule is CC(C)C(C)(C(=O)CC(=O)C(C)(C(C)C)C(C)C)C(C)C. The summed E-state index contributed by atoms with van der Waals surface area (Å²) in [4.78, 5) is 25.7. The molecule has 0 atom stereocenters. The fourth-order valence-corrected chi connectivity index (χ4v) is 3.15. The van der Waals surface area contributed by atoms with E-state index >= 15 is 0 Å². The topological polar surface area (TPSA) is 34.1 Å². The Morgan fingerprint density at radius 2 is 0.810 bits per heavy atom. The Kier molecular flexibility index (Phi) is 6.84. The molecule has 0 rings (SSSR count). The molecule has 0 unspecified atom stereocenters. The first-order chi connectivity index (χ1) is 9.32. The number of hydrogen-bond donors (Lipinski definition) is 0. The molecule has 0 aliphatic rings. The van der Waals surface area contributed by atoms with Crippen LogP contribution in [0.1, 0.15) is 75.7 Å². The molecule has 0 bridgehead atoms. The molecular formula is C19H36O2. The van der Waals surface area contributed by atoms with Crippen LogP contribution in [0.3, 0.4) is 0 Å². The van der Waals surface area contributed by atoms with E-state index in [0.29, 0.717) is 0 Å². The van der Waals surface area contributed by atoms with Gasteiger partial charge in [-0.25, -0.2) is 0 Å². The molecule has 124 valence electrons. The normalized spacial score (nSPS) is 13.6. The van der Waals surface area contributed by atoms with E-state index in [0.717, 1.165) is 0 Å². The van der Waals surface area contributed by atoms with Crippen LogP contribution in [-0.4, -0.2) is 11.6 Å². The summed E-state index contributed by atoms with van der Waals surface area (Å²) < 4.78 is 0.